The Labute approximate surface area is 195 Å². The molecule has 0 aromatic carbocycles. The summed E-state index contributed by atoms with van der Waals surface area (Å²) < 4.78 is 0. The second-order valence-corrected chi connectivity index (χ2v) is 12.4. The van der Waals surface area contributed by atoms with E-state index in [1.54, 1.807) is 0 Å². The van der Waals surface area contributed by atoms with Crippen LogP contribution in [0.4, 0.5) is 0 Å². The second-order valence-electron chi connectivity index (χ2n) is 12.4. The molecule has 4 nitrogen and oxygen atoms in total. The van der Waals surface area contributed by atoms with Gasteiger partial charge in [-0.05, 0) is 43.7 Å². The maximum Gasteiger partial charge on any atom is 0.228 e. The Morgan fingerprint density at radius 1 is 0.903 bits per heavy atom. The molecule has 1 amide bonds. The molecule has 0 spiro atoms. The Morgan fingerprint density at radius 3 is 2.00 bits per heavy atom. The zero-order valence-electron chi connectivity index (χ0n) is 21.9. The predicted molar refractivity (Wildman–Crippen MR) is 136 cm³/mol. The highest BCUT2D eigenvalue weighted by atomic mass is 16.2. The van der Waals surface area contributed by atoms with Gasteiger partial charge in [0.15, 0.2) is 0 Å². The molecule has 0 aromatic rings. The van der Waals surface area contributed by atoms with Crippen LogP contribution in [0.15, 0.2) is 0 Å². The van der Waals surface area contributed by atoms with Gasteiger partial charge in [-0.15, -0.1) is 0 Å². The summed E-state index contributed by atoms with van der Waals surface area (Å²) in [5, 5.41) is 0. The quantitative estimate of drug-likeness (QED) is 0.472. The first kappa shape index (κ1) is 26.8. The van der Waals surface area contributed by atoms with Crippen LogP contribution in [0, 0.1) is 16.7 Å². The van der Waals surface area contributed by atoms with Crippen molar-refractivity contribution in [2.24, 2.45) is 16.7 Å². The first-order chi connectivity index (χ1) is 14.4. The largest absolute Gasteiger partial charge is 0.344 e. The lowest BCUT2D eigenvalue weighted by molar-refractivity contribution is -0.143. The van der Waals surface area contributed by atoms with Crippen LogP contribution in [0.3, 0.4) is 0 Å². The molecule has 0 unspecified atom stereocenters. The van der Waals surface area contributed by atoms with E-state index in [0.717, 1.165) is 57.7 Å². The lowest BCUT2D eigenvalue weighted by Crippen LogP contribution is -2.51. The van der Waals surface area contributed by atoms with Gasteiger partial charge in [0.2, 0.25) is 13.3 Å². The number of piperazine rings is 1. The number of carbonyl (C=O) groups excluding carboxylic acids is 1. The van der Waals surface area contributed by atoms with Gasteiger partial charge in [-0.3, -0.25) is 4.79 Å². The van der Waals surface area contributed by atoms with Crippen molar-refractivity contribution < 1.29 is 4.79 Å². The third kappa shape index (κ3) is 9.12. The van der Waals surface area contributed by atoms with E-state index in [-0.39, 0.29) is 10.8 Å². The molecule has 2 radical (unpaired) electrons. The fraction of sp³-hybridized carbons (Fsp3) is 0.960. The van der Waals surface area contributed by atoms with Crippen LogP contribution in [-0.4, -0.2) is 81.0 Å². The van der Waals surface area contributed by atoms with Gasteiger partial charge in [0.1, 0.15) is 7.28 Å². The van der Waals surface area contributed by atoms with Crippen LogP contribution >= 0.6 is 0 Å². The number of hydrogen-bond acceptors (Lipinski definition) is 3. The molecule has 176 valence electrons. The highest BCUT2D eigenvalue weighted by Crippen LogP contribution is 2.39. The predicted octanol–water partition coefficient (Wildman–Crippen LogP) is 4.68. The second kappa shape index (κ2) is 11.6. The summed E-state index contributed by atoms with van der Waals surface area (Å²) in [5.41, 5.74) is -0.124. The summed E-state index contributed by atoms with van der Waals surface area (Å²) in [6.07, 6.45) is 4.33. The molecule has 2 fully saturated rings. The maximum atomic E-state index is 13.4. The molecule has 2 aliphatic rings. The fourth-order valence-corrected chi connectivity index (χ4v) is 5.53. The Bertz CT molecular complexity index is 549. The van der Waals surface area contributed by atoms with Gasteiger partial charge < -0.3 is 14.6 Å². The van der Waals surface area contributed by atoms with Crippen molar-refractivity contribution in [1.82, 2.24) is 14.6 Å². The van der Waals surface area contributed by atoms with Crippen LogP contribution in [0.1, 0.15) is 74.7 Å². The van der Waals surface area contributed by atoms with E-state index in [9.17, 15) is 4.79 Å². The molecule has 2 saturated heterocycles. The Kier molecular flexibility index (Phi) is 10.0. The third-order valence-corrected chi connectivity index (χ3v) is 6.98. The lowest BCUT2D eigenvalue weighted by Gasteiger charge is -2.42. The molecule has 2 heterocycles. The van der Waals surface area contributed by atoms with Crippen molar-refractivity contribution in [1.29, 1.82) is 0 Å². The number of carbonyl (C=O) groups is 1. The first-order valence-corrected chi connectivity index (χ1v) is 12.8. The van der Waals surface area contributed by atoms with Gasteiger partial charge in [-0.25, -0.2) is 0 Å². The van der Waals surface area contributed by atoms with Crippen molar-refractivity contribution in [3.8, 4) is 0 Å². The summed E-state index contributed by atoms with van der Waals surface area (Å²) in [5.74, 6) is 2.34. The minimum atomic E-state index is -0.287. The van der Waals surface area contributed by atoms with E-state index >= 15 is 0 Å². The Morgan fingerprint density at radius 2 is 1.48 bits per heavy atom. The molecule has 0 atom stereocenters. The van der Waals surface area contributed by atoms with E-state index in [1.807, 2.05) is 0 Å². The van der Waals surface area contributed by atoms with E-state index in [1.165, 1.54) is 19.6 Å². The van der Waals surface area contributed by atoms with Gasteiger partial charge in [-0.2, -0.15) is 0 Å². The van der Waals surface area contributed by atoms with Crippen LogP contribution in [0.5, 0.6) is 0 Å². The average molecular weight is 429 g/mol. The van der Waals surface area contributed by atoms with Crippen molar-refractivity contribution in [2.75, 3.05) is 45.8 Å². The van der Waals surface area contributed by atoms with E-state index in [0.29, 0.717) is 17.5 Å². The van der Waals surface area contributed by atoms with Gasteiger partial charge in [-0.1, -0.05) is 73.3 Å². The maximum absolute atomic E-state index is 13.4. The van der Waals surface area contributed by atoms with Gasteiger partial charge in [0.05, 0.1) is 0 Å². The zero-order valence-corrected chi connectivity index (χ0v) is 21.9. The first-order valence-electron chi connectivity index (χ1n) is 12.8. The van der Waals surface area contributed by atoms with Crippen LogP contribution < -0.4 is 0 Å². The summed E-state index contributed by atoms with van der Waals surface area (Å²) in [6.45, 7) is 25.7. The monoisotopic (exact) mass is 429 g/mol. The highest BCUT2D eigenvalue weighted by Gasteiger charge is 2.38. The standard InChI is InChI=1S/C25H49B2N3O/c1-20(2)26-19-24(5,6)18-25(7,8)23(31)29-11-9-22(10-12-29)17-28-13-15-30(16-14-28)27-21(3)4/h20-22H,9-19H2,1-8H3. The summed E-state index contributed by atoms with van der Waals surface area (Å²) in [7, 11) is 4.78. The van der Waals surface area contributed by atoms with Crippen molar-refractivity contribution in [3.05, 3.63) is 0 Å². The lowest BCUT2D eigenvalue weighted by atomic mass is 9.54. The molecule has 31 heavy (non-hydrogen) atoms. The van der Waals surface area contributed by atoms with Crippen LogP contribution in [0.2, 0.25) is 18.0 Å². The highest BCUT2D eigenvalue weighted by molar-refractivity contribution is 6.37. The molecule has 2 rings (SSSR count). The third-order valence-electron chi connectivity index (χ3n) is 6.98. The summed E-state index contributed by atoms with van der Waals surface area (Å²) in [4.78, 5) is 20.6. The number of likely N-dealkylation sites (tertiary alicyclic amines) is 1. The molecule has 2 aliphatic heterocycles. The normalized spacial score (nSPS) is 20.5. The topological polar surface area (TPSA) is 26.8 Å². The Balaban J connectivity index is 1.75. The zero-order chi connectivity index (χ0) is 23.2. The molecule has 0 saturated carbocycles. The van der Waals surface area contributed by atoms with Crippen LogP contribution in [0.25, 0.3) is 0 Å². The van der Waals surface area contributed by atoms with Crippen molar-refractivity contribution >= 4 is 20.6 Å². The molecular weight excluding hydrogens is 380 g/mol. The number of amides is 1. The van der Waals surface area contributed by atoms with Gasteiger partial charge in [0, 0.05) is 38.1 Å². The van der Waals surface area contributed by atoms with E-state index in [2.05, 4.69) is 84.7 Å². The summed E-state index contributed by atoms with van der Waals surface area (Å²) in [6, 6.07) is 0. The molecule has 0 bridgehead atoms. The minimum Gasteiger partial charge on any atom is -0.344 e. The van der Waals surface area contributed by atoms with E-state index in [4.69, 9.17) is 0 Å². The SMILES string of the molecule is CC(C)[B]CC(C)(C)CC(C)(C)C(=O)N1CCC(CN2CCN([B]C(C)C)CC2)CC1. The van der Waals surface area contributed by atoms with Crippen molar-refractivity contribution in [2.45, 2.75) is 92.6 Å². The van der Waals surface area contributed by atoms with Gasteiger partial charge in [0.25, 0.3) is 0 Å². The molecule has 6 heteroatoms. The number of piperidine rings is 1. The smallest absolute Gasteiger partial charge is 0.228 e. The molecular formula is C25H49B2N3O. The van der Waals surface area contributed by atoms with Crippen molar-refractivity contribution in [3.63, 3.8) is 0 Å². The van der Waals surface area contributed by atoms with E-state index < -0.39 is 0 Å². The summed E-state index contributed by atoms with van der Waals surface area (Å²) >= 11 is 0. The molecule has 0 aromatic heterocycles. The fourth-order valence-electron chi connectivity index (χ4n) is 5.53. The Hall–Kier alpha value is -0.480. The number of nitrogens with zero attached hydrogens (tertiary/aromatic N) is 3. The average Bonchev–Trinajstić information content (AvgIpc) is 2.67. The number of rotatable bonds is 10. The number of hydrogen-bond donors (Lipinski definition) is 0. The van der Waals surface area contributed by atoms with Crippen LogP contribution in [-0.2, 0) is 4.79 Å². The van der Waals surface area contributed by atoms with Gasteiger partial charge >= 0.3 is 0 Å². The molecule has 0 N–H and O–H groups in total. The minimum absolute atomic E-state index is 0.164. The molecule has 0 aliphatic carbocycles.